The molecule has 3 aromatic rings. The molecule has 0 spiro atoms. The van der Waals surface area contributed by atoms with Crippen molar-refractivity contribution < 1.29 is 29.3 Å². The molecule has 5 heterocycles. The van der Waals surface area contributed by atoms with Crippen molar-refractivity contribution in [2.45, 2.75) is 76.0 Å². The standard InChI is InChI=1S/C31H34N4O7Si/c1-4-31(41)21-11-23-26-19(14-35(23)28(38)20(21)15-42-30(31)40)25(18-7-5-6-8-22(18)33-26)17-12-32-27(43-10-9-24(36)37)29(39)34(13-17)16(2)3/h5-8,11,16-17,27,32,41H,4,9-10,12-15H2,1-3H3,(H,36,37)/t17?,27?,31-/m0/s1. The highest BCUT2D eigenvalue weighted by molar-refractivity contribution is 6.44. The maximum atomic E-state index is 13.8. The number of ether oxygens (including phenoxy) is 1. The van der Waals surface area contributed by atoms with Gasteiger partial charge in [0.15, 0.2) is 5.60 Å². The van der Waals surface area contributed by atoms with Gasteiger partial charge in [-0.3, -0.25) is 14.4 Å². The van der Waals surface area contributed by atoms with E-state index < -0.39 is 23.2 Å². The minimum atomic E-state index is -1.91. The third kappa shape index (κ3) is 4.77. The number of carbonyl (C=O) groups is 3. The molecule has 12 heteroatoms. The Morgan fingerprint density at radius 3 is 2.72 bits per heavy atom. The van der Waals surface area contributed by atoms with Gasteiger partial charge in [-0.2, -0.15) is 0 Å². The highest BCUT2D eigenvalue weighted by atomic mass is 28.2. The van der Waals surface area contributed by atoms with E-state index >= 15 is 0 Å². The Morgan fingerprint density at radius 1 is 1.23 bits per heavy atom. The summed E-state index contributed by atoms with van der Waals surface area (Å²) in [7, 11) is 0.128. The number of benzene rings is 1. The topological polar surface area (TPSA) is 151 Å². The summed E-state index contributed by atoms with van der Waals surface area (Å²) >= 11 is 0. The Kier molecular flexibility index (Phi) is 7.47. The number of esters is 1. The van der Waals surface area contributed by atoms with Gasteiger partial charge in [0, 0.05) is 48.0 Å². The zero-order valence-electron chi connectivity index (χ0n) is 24.3. The number of carboxylic acid groups (broad SMARTS) is 1. The number of nitrogens with one attached hydrogen (secondary N) is 1. The maximum Gasteiger partial charge on any atom is 0.343 e. The van der Waals surface area contributed by atoms with E-state index in [1.54, 1.807) is 17.6 Å². The molecule has 2 unspecified atom stereocenters. The van der Waals surface area contributed by atoms with Crippen molar-refractivity contribution in [3.05, 3.63) is 62.9 Å². The third-order valence-electron chi connectivity index (χ3n) is 8.87. The molecular weight excluding hydrogens is 568 g/mol. The first-order valence-corrected chi connectivity index (χ1v) is 15.9. The van der Waals surface area contributed by atoms with Gasteiger partial charge in [-0.25, -0.2) is 9.78 Å². The monoisotopic (exact) mass is 602 g/mol. The summed E-state index contributed by atoms with van der Waals surface area (Å²) in [5.74, 6) is -1.82. The molecule has 6 rings (SSSR count). The van der Waals surface area contributed by atoms with Crippen LogP contribution >= 0.6 is 0 Å². The molecule has 43 heavy (non-hydrogen) atoms. The predicted octanol–water partition coefficient (Wildman–Crippen LogP) is 1.93. The number of aromatic nitrogens is 2. The Bertz CT molecular complexity index is 1720. The summed E-state index contributed by atoms with van der Waals surface area (Å²) in [6, 6.07) is 9.84. The molecule has 3 atom stereocenters. The van der Waals surface area contributed by atoms with Crippen LogP contribution in [-0.4, -0.2) is 76.8 Å². The fourth-order valence-electron chi connectivity index (χ4n) is 6.57. The molecule has 3 aliphatic heterocycles. The molecule has 2 radical (unpaired) electrons. The van der Waals surface area contributed by atoms with Crippen LogP contribution in [0.15, 0.2) is 35.1 Å². The zero-order chi connectivity index (χ0) is 30.6. The minimum Gasteiger partial charge on any atom is -0.481 e. The van der Waals surface area contributed by atoms with Crippen LogP contribution in [-0.2, 0) is 37.9 Å². The Labute approximate surface area is 250 Å². The van der Waals surface area contributed by atoms with Crippen molar-refractivity contribution in [1.82, 2.24) is 19.8 Å². The van der Waals surface area contributed by atoms with Gasteiger partial charge in [0.05, 0.1) is 44.2 Å². The number of pyridine rings is 2. The zero-order valence-corrected chi connectivity index (χ0v) is 25.3. The van der Waals surface area contributed by atoms with Crippen molar-refractivity contribution in [2.75, 3.05) is 13.1 Å². The van der Waals surface area contributed by atoms with Crippen LogP contribution in [0.5, 0.6) is 0 Å². The fraction of sp³-hybridized carbons (Fsp3) is 0.452. The second-order valence-electron chi connectivity index (χ2n) is 11.7. The van der Waals surface area contributed by atoms with E-state index in [4.69, 9.17) is 14.8 Å². The highest BCUT2D eigenvalue weighted by Crippen LogP contribution is 2.42. The smallest absolute Gasteiger partial charge is 0.343 e. The number of cyclic esters (lactones) is 1. The largest absolute Gasteiger partial charge is 0.481 e. The molecular formula is C31H34N4O7Si. The molecule has 1 fully saturated rings. The van der Waals surface area contributed by atoms with Gasteiger partial charge in [-0.1, -0.05) is 25.1 Å². The molecule has 0 aliphatic carbocycles. The second-order valence-corrected chi connectivity index (χ2v) is 13.2. The summed E-state index contributed by atoms with van der Waals surface area (Å²) in [5.41, 5.74) is 1.61. The van der Waals surface area contributed by atoms with Crippen molar-refractivity contribution in [1.29, 1.82) is 0 Å². The molecule has 2 aromatic heterocycles. The van der Waals surface area contributed by atoms with E-state index in [0.717, 1.165) is 22.0 Å². The van der Waals surface area contributed by atoms with E-state index in [9.17, 15) is 24.3 Å². The van der Waals surface area contributed by atoms with Gasteiger partial charge in [-0.15, -0.1) is 0 Å². The Hall–Kier alpha value is -3.87. The van der Waals surface area contributed by atoms with E-state index in [0.29, 0.717) is 30.5 Å². The first-order chi connectivity index (χ1) is 20.5. The third-order valence-corrected chi connectivity index (χ3v) is 10.3. The molecule has 11 nitrogen and oxygen atoms in total. The van der Waals surface area contributed by atoms with Crippen LogP contribution in [0.1, 0.15) is 61.8 Å². The lowest BCUT2D eigenvalue weighted by Gasteiger charge is -2.31. The first-order valence-electron chi connectivity index (χ1n) is 14.6. The van der Waals surface area contributed by atoms with Crippen molar-refractivity contribution in [3.63, 3.8) is 0 Å². The molecule has 1 aromatic carbocycles. The van der Waals surface area contributed by atoms with Gasteiger partial charge >= 0.3 is 11.9 Å². The lowest BCUT2D eigenvalue weighted by molar-refractivity contribution is -0.172. The Morgan fingerprint density at radius 2 is 2.00 bits per heavy atom. The average molecular weight is 603 g/mol. The van der Waals surface area contributed by atoms with Crippen LogP contribution in [0.25, 0.3) is 22.3 Å². The van der Waals surface area contributed by atoms with E-state index in [1.165, 1.54) is 0 Å². The van der Waals surface area contributed by atoms with Crippen molar-refractivity contribution in [2.24, 2.45) is 0 Å². The maximum absolute atomic E-state index is 13.8. The van der Waals surface area contributed by atoms with E-state index in [1.807, 2.05) is 43.0 Å². The quantitative estimate of drug-likeness (QED) is 0.213. The summed E-state index contributed by atoms with van der Waals surface area (Å²) in [4.78, 5) is 58.0. The molecule has 0 saturated carbocycles. The number of amides is 1. The molecule has 224 valence electrons. The average Bonchev–Trinajstić information content (AvgIpc) is 3.26. The number of hydrogen-bond acceptors (Lipinski definition) is 8. The second kappa shape index (κ2) is 11.0. The van der Waals surface area contributed by atoms with Crippen LogP contribution in [0.4, 0.5) is 0 Å². The summed E-state index contributed by atoms with van der Waals surface area (Å²) < 4.78 is 6.86. The predicted molar refractivity (Wildman–Crippen MR) is 159 cm³/mol. The highest BCUT2D eigenvalue weighted by Gasteiger charge is 2.46. The molecule has 1 amide bonds. The summed E-state index contributed by atoms with van der Waals surface area (Å²) in [5, 5.41) is 24.8. The fourth-order valence-corrected chi connectivity index (χ4v) is 7.82. The van der Waals surface area contributed by atoms with Gasteiger partial charge in [0.2, 0.25) is 5.91 Å². The molecule has 0 bridgehead atoms. The number of para-hydroxylation sites is 1. The van der Waals surface area contributed by atoms with E-state index in [-0.39, 0.29) is 70.1 Å². The van der Waals surface area contributed by atoms with Gasteiger partial charge in [0.1, 0.15) is 6.61 Å². The normalized spacial score (nSPS) is 23.1. The first kappa shape index (κ1) is 29.2. The molecule has 3 N–H and O–H groups in total. The van der Waals surface area contributed by atoms with Crippen LogP contribution in [0, 0.1) is 0 Å². The van der Waals surface area contributed by atoms with Gasteiger partial charge in [0.25, 0.3) is 5.56 Å². The summed E-state index contributed by atoms with van der Waals surface area (Å²) in [6.45, 7) is 6.63. The Balaban J connectivity index is 1.48. The number of carboxylic acids is 1. The number of rotatable bonds is 7. The van der Waals surface area contributed by atoms with Crippen molar-refractivity contribution in [3.8, 4) is 11.4 Å². The number of fused-ring (bicyclic) bond motifs is 5. The lowest BCUT2D eigenvalue weighted by atomic mass is 9.85. The van der Waals surface area contributed by atoms with Gasteiger partial charge < -0.3 is 29.7 Å². The SMILES string of the molecule is CC[C@@]1(O)C(=O)OCc2c1cc1n(c2=O)Cc2c-1nc1ccccc1c2C1CNC([Si]CCC(=O)O)C(=O)N(C(C)C)C1. The number of aliphatic hydroxyl groups is 1. The number of aliphatic carboxylic acids is 1. The summed E-state index contributed by atoms with van der Waals surface area (Å²) in [6.07, 6.45) is 0.0738. The van der Waals surface area contributed by atoms with E-state index in [2.05, 4.69) is 5.32 Å². The van der Waals surface area contributed by atoms with Crippen LogP contribution < -0.4 is 10.9 Å². The minimum absolute atomic E-state index is 0.0122. The van der Waals surface area contributed by atoms with Gasteiger partial charge in [-0.05, 0) is 44.0 Å². The van der Waals surface area contributed by atoms with Crippen molar-refractivity contribution >= 4 is 38.3 Å². The molecule has 3 aliphatic rings. The number of nitrogens with zero attached hydrogens (tertiary/aromatic N) is 3. The van der Waals surface area contributed by atoms with Crippen LogP contribution in [0.2, 0.25) is 6.04 Å². The number of hydrogen-bond donors (Lipinski definition) is 3. The molecule has 1 saturated heterocycles. The van der Waals surface area contributed by atoms with Crippen LogP contribution in [0.3, 0.4) is 0 Å². The lowest BCUT2D eigenvalue weighted by Crippen LogP contribution is -2.49. The number of carbonyl (C=O) groups excluding carboxylic acids is 2.